The van der Waals surface area contributed by atoms with Crippen LogP contribution in [0.3, 0.4) is 0 Å². The molecule has 9 heavy (non-hydrogen) atoms. The minimum atomic E-state index is -0.0499. The molecule has 0 saturated heterocycles. The molecule has 0 unspecified atom stereocenters. The number of nitrogens with zero attached hydrogens (tertiary/aromatic N) is 1. The summed E-state index contributed by atoms with van der Waals surface area (Å²) in [6.45, 7) is 4.34. The SMILES string of the molecule is CCCCC[N]C(C)=O. The van der Waals surface area contributed by atoms with Crippen LogP contribution in [0.15, 0.2) is 0 Å². The van der Waals surface area contributed by atoms with Gasteiger partial charge in [-0.25, -0.2) is 0 Å². The van der Waals surface area contributed by atoms with Crippen LogP contribution in [0.1, 0.15) is 33.1 Å². The summed E-state index contributed by atoms with van der Waals surface area (Å²) in [6.07, 6.45) is 3.42. The molecule has 2 heteroatoms. The second-order valence-electron chi connectivity index (χ2n) is 2.11. The summed E-state index contributed by atoms with van der Waals surface area (Å²) in [7, 11) is 0. The highest BCUT2D eigenvalue weighted by atomic mass is 16.1. The van der Waals surface area contributed by atoms with Gasteiger partial charge in [-0.1, -0.05) is 19.8 Å². The average Bonchev–Trinajstić information content (AvgIpc) is 1.80. The van der Waals surface area contributed by atoms with Gasteiger partial charge in [0.05, 0.1) is 0 Å². The van der Waals surface area contributed by atoms with Crippen molar-refractivity contribution in [3.05, 3.63) is 0 Å². The van der Waals surface area contributed by atoms with Crippen molar-refractivity contribution in [1.29, 1.82) is 0 Å². The molecule has 0 spiro atoms. The molecule has 2 nitrogen and oxygen atoms in total. The third-order valence-electron chi connectivity index (χ3n) is 1.10. The van der Waals surface area contributed by atoms with E-state index in [1.165, 1.54) is 19.8 Å². The zero-order valence-corrected chi connectivity index (χ0v) is 6.18. The topological polar surface area (TPSA) is 31.2 Å². The van der Waals surface area contributed by atoms with E-state index < -0.39 is 0 Å². The molecule has 0 aromatic rings. The lowest BCUT2D eigenvalue weighted by Crippen LogP contribution is -2.12. The van der Waals surface area contributed by atoms with E-state index in [2.05, 4.69) is 12.2 Å². The maximum atomic E-state index is 10.2. The summed E-state index contributed by atoms with van der Waals surface area (Å²) >= 11 is 0. The van der Waals surface area contributed by atoms with Gasteiger partial charge in [-0.05, 0) is 6.42 Å². The van der Waals surface area contributed by atoms with Crippen LogP contribution in [0.5, 0.6) is 0 Å². The van der Waals surface area contributed by atoms with E-state index in [0.717, 1.165) is 6.42 Å². The Morgan fingerprint density at radius 2 is 2.11 bits per heavy atom. The molecule has 0 saturated carbocycles. The maximum absolute atomic E-state index is 10.2. The van der Waals surface area contributed by atoms with Crippen molar-refractivity contribution in [3.63, 3.8) is 0 Å². The van der Waals surface area contributed by atoms with E-state index in [4.69, 9.17) is 0 Å². The highest BCUT2D eigenvalue weighted by Gasteiger charge is 1.90. The van der Waals surface area contributed by atoms with Gasteiger partial charge in [0, 0.05) is 13.5 Å². The first-order valence-corrected chi connectivity index (χ1v) is 3.45. The molecular formula is C7H14NO. The van der Waals surface area contributed by atoms with Gasteiger partial charge in [-0.2, -0.15) is 0 Å². The predicted octanol–water partition coefficient (Wildman–Crippen LogP) is 1.33. The highest BCUT2D eigenvalue weighted by Crippen LogP contribution is 1.91. The lowest BCUT2D eigenvalue weighted by atomic mass is 10.2. The Balaban J connectivity index is 2.83. The minimum absolute atomic E-state index is 0.0499. The van der Waals surface area contributed by atoms with Crippen LogP contribution < -0.4 is 5.32 Å². The Labute approximate surface area is 56.6 Å². The van der Waals surface area contributed by atoms with Gasteiger partial charge in [0.1, 0.15) is 0 Å². The maximum Gasteiger partial charge on any atom is 0.238 e. The largest absolute Gasteiger partial charge is 0.273 e. The summed E-state index contributed by atoms with van der Waals surface area (Å²) in [5.74, 6) is -0.0499. The molecular weight excluding hydrogens is 114 g/mol. The molecule has 0 fully saturated rings. The van der Waals surface area contributed by atoms with Gasteiger partial charge < -0.3 is 0 Å². The van der Waals surface area contributed by atoms with Gasteiger partial charge in [0.25, 0.3) is 0 Å². The van der Waals surface area contributed by atoms with Crippen molar-refractivity contribution >= 4 is 5.91 Å². The predicted molar refractivity (Wildman–Crippen MR) is 37.2 cm³/mol. The molecule has 0 aromatic heterocycles. The van der Waals surface area contributed by atoms with Crippen molar-refractivity contribution in [3.8, 4) is 0 Å². The quantitative estimate of drug-likeness (QED) is 0.525. The Morgan fingerprint density at radius 1 is 1.44 bits per heavy atom. The van der Waals surface area contributed by atoms with E-state index in [1.54, 1.807) is 0 Å². The van der Waals surface area contributed by atoms with Gasteiger partial charge in [0.2, 0.25) is 5.91 Å². The van der Waals surface area contributed by atoms with Crippen LogP contribution in [-0.4, -0.2) is 12.5 Å². The summed E-state index contributed by atoms with van der Waals surface area (Å²) < 4.78 is 0. The van der Waals surface area contributed by atoms with Gasteiger partial charge >= 0.3 is 0 Å². The van der Waals surface area contributed by atoms with Crippen LogP contribution in [0, 0.1) is 0 Å². The molecule has 0 aromatic carbocycles. The first kappa shape index (κ1) is 8.47. The summed E-state index contributed by atoms with van der Waals surface area (Å²) in [6, 6.07) is 0. The highest BCUT2D eigenvalue weighted by molar-refractivity contribution is 5.72. The fourth-order valence-corrected chi connectivity index (χ4v) is 0.598. The molecule has 0 N–H and O–H groups in total. The summed E-state index contributed by atoms with van der Waals surface area (Å²) in [4.78, 5) is 10.2. The molecule has 0 aliphatic heterocycles. The molecule has 0 bridgehead atoms. The molecule has 0 aliphatic rings. The molecule has 1 amide bonds. The van der Waals surface area contributed by atoms with Gasteiger partial charge in [-0.15, -0.1) is 0 Å². The van der Waals surface area contributed by atoms with Crippen molar-refractivity contribution < 1.29 is 4.79 Å². The molecule has 0 aliphatic carbocycles. The van der Waals surface area contributed by atoms with Crippen LogP contribution in [0.4, 0.5) is 0 Å². The van der Waals surface area contributed by atoms with E-state index >= 15 is 0 Å². The Kier molecular flexibility index (Phi) is 5.27. The number of amides is 1. The van der Waals surface area contributed by atoms with Crippen molar-refractivity contribution in [2.24, 2.45) is 0 Å². The summed E-state index contributed by atoms with van der Waals surface area (Å²) in [5, 5.41) is 3.72. The molecule has 53 valence electrons. The van der Waals surface area contributed by atoms with Crippen molar-refractivity contribution in [1.82, 2.24) is 5.32 Å². The zero-order chi connectivity index (χ0) is 7.11. The lowest BCUT2D eigenvalue weighted by molar-refractivity contribution is -0.119. The van der Waals surface area contributed by atoms with Crippen LogP contribution >= 0.6 is 0 Å². The van der Waals surface area contributed by atoms with E-state index in [-0.39, 0.29) is 5.91 Å². The normalized spacial score (nSPS) is 9.11. The smallest absolute Gasteiger partial charge is 0.238 e. The zero-order valence-electron chi connectivity index (χ0n) is 6.18. The van der Waals surface area contributed by atoms with Crippen molar-refractivity contribution in [2.45, 2.75) is 33.1 Å². The number of unbranched alkanes of at least 4 members (excludes halogenated alkanes) is 2. The Bertz CT molecular complexity index is 81.0. The second kappa shape index (κ2) is 5.60. The molecule has 0 atom stereocenters. The molecule has 0 rings (SSSR count). The van der Waals surface area contributed by atoms with E-state index in [1.807, 2.05) is 0 Å². The first-order chi connectivity index (χ1) is 4.27. The Morgan fingerprint density at radius 3 is 2.56 bits per heavy atom. The van der Waals surface area contributed by atoms with Crippen LogP contribution in [0.2, 0.25) is 0 Å². The van der Waals surface area contributed by atoms with Gasteiger partial charge in [0.15, 0.2) is 0 Å². The Hall–Kier alpha value is -0.530. The number of hydrogen-bond acceptors (Lipinski definition) is 1. The van der Waals surface area contributed by atoms with Crippen LogP contribution in [0.25, 0.3) is 0 Å². The van der Waals surface area contributed by atoms with E-state index in [9.17, 15) is 4.79 Å². The lowest BCUT2D eigenvalue weighted by Gasteiger charge is -1.94. The third-order valence-corrected chi connectivity index (χ3v) is 1.10. The number of hydrogen-bond donors (Lipinski definition) is 0. The van der Waals surface area contributed by atoms with Crippen LogP contribution in [-0.2, 0) is 4.79 Å². The van der Waals surface area contributed by atoms with E-state index in [0.29, 0.717) is 6.54 Å². The monoisotopic (exact) mass is 128 g/mol. The minimum Gasteiger partial charge on any atom is -0.273 e. The summed E-state index contributed by atoms with van der Waals surface area (Å²) in [5.41, 5.74) is 0. The standard InChI is InChI=1S/C7H14NO/c1-3-4-5-6-8-7(2)9/h3-6H2,1-2H3. The average molecular weight is 128 g/mol. The number of rotatable bonds is 4. The van der Waals surface area contributed by atoms with Crippen molar-refractivity contribution in [2.75, 3.05) is 6.54 Å². The van der Waals surface area contributed by atoms with Gasteiger partial charge in [-0.3, -0.25) is 10.1 Å². The fourth-order valence-electron chi connectivity index (χ4n) is 0.598. The number of carbonyl (C=O) groups excluding carboxylic acids is 1. The molecule has 0 heterocycles. The first-order valence-electron chi connectivity index (χ1n) is 3.45. The molecule has 1 radical (unpaired) electrons. The third kappa shape index (κ3) is 7.47. The second-order valence-corrected chi connectivity index (χ2v) is 2.11. The number of carbonyl (C=O) groups is 1. The fraction of sp³-hybridized carbons (Fsp3) is 0.857.